The fourth-order valence-electron chi connectivity index (χ4n) is 4.26. The molecule has 4 aromatic rings. The van der Waals surface area contributed by atoms with Crippen LogP contribution in [0.3, 0.4) is 0 Å². The summed E-state index contributed by atoms with van der Waals surface area (Å²) >= 11 is 0. The summed E-state index contributed by atoms with van der Waals surface area (Å²) in [5.41, 5.74) is 9.56. The van der Waals surface area contributed by atoms with Crippen molar-refractivity contribution < 1.29 is 4.42 Å². The van der Waals surface area contributed by atoms with Crippen molar-refractivity contribution in [2.45, 2.75) is 20.4 Å². The largest absolute Gasteiger partial charge is 0.454 e. The highest BCUT2D eigenvalue weighted by molar-refractivity contribution is 6.01. The summed E-state index contributed by atoms with van der Waals surface area (Å²) in [6.45, 7) is 9.71. The zero-order chi connectivity index (χ0) is 21.9. The Balaban J connectivity index is 1.66. The molecule has 3 aromatic heterocycles. The number of hydrogen-bond acceptors (Lipinski definition) is 6. The van der Waals surface area contributed by atoms with Crippen LogP contribution in [0.15, 0.2) is 40.1 Å². The van der Waals surface area contributed by atoms with Gasteiger partial charge in [-0.1, -0.05) is 18.2 Å². The molecule has 158 valence electrons. The maximum atomic E-state index is 12.5. The third-order valence-corrected chi connectivity index (χ3v) is 5.93. The normalized spacial score (nSPS) is 14.3. The van der Waals surface area contributed by atoms with E-state index in [1.54, 1.807) is 4.68 Å². The molecule has 1 fully saturated rings. The summed E-state index contributed by atoms with van der Waals surface area (Å²) in [7, 11) is 0. The van der Waals surface area contributed by atoms with Gasteiger partial charge in [-0.25, -0.2) is 5.10 Å². The third-order valence-electron chi connectivity index (χ3n) is 5.93. The van der Waals surface area contributed by atoms with Gasteiger partial charge in [-0.15, -0.1) is 0 Å². The lowest BCUT2D eigenvalue weighted by Crippen LogP contribution is -2.50. The van der Waals surface area contributed by atoms with Crippen LogP contribution in [0.5, 0.6) is 0 Å². The van der Waals surface area contributed by atoms with Crippen molar-refractivity contribution in [1.82, 2.24) is 24.9 Å². The van der Waals surface area contributed by atoms with Crippen LogP contribution in [-0.4, -0.2) is 43.8 Å². The Morgan fingerprint density at radius 3 is 2.94 bits per heavy atom. The molecule has 0 aliphatic carbocycles. The first-order valence-corrected chi connectivity index (χ1v) is 10.1. The van der Waals surface area contributed by atoms with E-state index in [0.717, 1.165) is 35.2 Å². The Morgan fingerprint density at radius 2 is 2.19 bits per heavy atom. The van der Waals surface area contributed by atoms with Gasteiger partial charge in [-0.2, -0.15) is 10.2 Å². The number of nitrogens with one attached hydrogen (secondary N) is 2. The number of nitrogens with zero attached hydrogens (tertiary/aromatic N) is 4. The molecule has 0 saturated carbocycles. The van der Waals surface area contributed by atoms with Crippen molar-refractivity contribution in [1.29, 1.82) is 5.41 Å². The van der Waals surface area contributed by atoms with Crippen LogP contribution in [0.2, 0.25) is 0 Å². The van der Waals surface area contributed by atoms with Crippen molar-refractivity contribution >= 4 is 33.5 Å². The second kappa shape index (κ2) is 6.83. The molecule has 0 bridgehead atoms. The molecule has 1 aliphatic heterocycles. The lowest BCUT2D eigenvalue weighted by Gasteiger charge is -2.40. The van der Waals surface area contributed by atoms with Gasteiger partial charge in [0.25, 0.3) is 5.56 Å². The molecule has 5 rings (SSSR count). The Labute approximate surface area is 177 Å². The molecule has 1 aromatic carbocycles. The van der Waals surface area contributed by atoms with Gasteiger partial charge in [0.1, 0.15) is 17.1 Å². The lowest BCUT2D eigenvalue weighted by molar-refractivity contribution is 0.164. The quantitative estimate of drug-likeness (QED) is 0.346. The Bertz CT molecular complexity index is 1420. The van der Waals surface area contributed by atoms with Gasteiger partial charge in [0, 0.05) is 36.5 Å². The Kier molecular flexibility index (Phi) is 4.21. The van der Waals surface area contributed by atoms with Crippen molar-refractivity contribution in [2.24, 2.45) is 5.92 Å². The van der Waals surface area contributed by atoms with E-state index >= 15 is 0 Å². The second-order valence-corrected chi connectivity index (χ2v) is 8.11. The minimum absolute atomic E-state index is 0.204. The number of benzene rings is 1. The number of rotatable bonds is 4. The van der Waals surface area contributed by atoms with Crippen LogP contribution in [-0.2, 0) is 6.54 Å². The predicted octanol–water partition coefficient (Wildman–Crippen LogP) is 2.83. The lowest BCUT2D eigenvalue weighted by atomic mass is 9.99. The molecule has 0 unspecified atom stereocenters. The van der Waals surface area contributed by atoms with Crippen molar-refractivity contribution in [3.05, 3.63) is 52.3 Å². The first-order valence-electron chi connectivity index (χ1n) is 10.1. The Morgan fingerprint density at radius 1 is 1.42 bits per heavy atom. The molecule has 9 nitrogen and oxygen atoms in total. The van der Waals surface area contributed by atoms with Crippen LogP contribution in [0.25, 0.3) is 33.3 Å². The summed E-state index contributed by atoms with van der Waals surface area (Å²) in [6, 6.07) is 6.03. The molecule has 1 saturated heterocycles. The van der Waals surface area contributed by atoms with Crippen LogP contribution in [0.1, 0.15) is 11.1 Å². The number of likely N-dealkylation sites (tertiary alicyclic amines) is 1. The summed E-state index contributed by atoms with van der Waals surface area (Å²) < 4.78 is 8.04. The number of hydrogen-bond donors (Lipinski definition) is 3. The molecule has 4 heterocycles. The minimum atomic E-state index is -0.391. The molecule has 0 spiro atoms. The van der Waals surface area contributed by atoms with Gasteiger partial charge < -0.3 is 15.1 Å². The Hall–Kier alpha value is -3.88. The van der Waals surface area contributed by atoms with Crippen LogP contribution in [0, 0.1) is 25.2 Å². The molecule has 0 amide bonds. The number of amidine groups is 1. The van der Waals surface area contributed by atoms with Gasteiger partial charge in [0.05, 0.1) is 5.39 Å². The predicted molar refractivity (Wildman–Crippen MR) is 120 cm³/mol. The monoisotopic (exact) mass is 417 g/mol. The first-order chi connectivity index (χ1) is 14.9. The fraction of sp³-hybridized carbons (Fsp3) is 0.273. The van der Waals surface area contributed by atoms with Crippen LogP contribution in [0.4, 0.5) is 5.82 Å². The van der Waals surface area contributed by atoms with E-state index in [1.165, 1.54) is 6.08 Å². The highest BCUT2D eigenvalue weighted by atomic mass is 16.3. The topological polar surface area (TPSA) is 130 Å². The molecule has 0 atom stereocenters. The maximum absolute atomic E-state index is 12.5. The van der Waals surface area contributed by atoms with Gasteiger partial charge in [-0.05, 0) is 32.1 Å². The first kappa shape index (κ1) is 19.1. The number of H-pyrrole nitrogens is 1. The van der Waals surface area contributed by atoms with Crippen molar-refractivity contribution in [3.8, 4) is 11.5 Å². The number of nitrogen functional groups attached to an aromatic ring is 1. The molecule has 9 heteroatoms. The average molecular weight is 417 g/mol. The third kappa shape index (κ3) is 2.92. The van der Waals surface area contributed by atoms with Crippen molar-refractivity contribution in [3.63, 3.8) is 0 Å². The summed E-state index contributed by atoms with van der Waals surface area (Å²) in [5, 5.41) is 20.4. The number of furan rings is 1. The molecular formula is C22H23N7O2. The van der Waals surface area contributed by atoms with E-state index in [2.05, 4.69) is 27.9 Å². The van der Waals surface area contributed by atoms with E-state index in [4.69, 9.17) is 15.6 Å². The zero-order valence-corrected chi connectivity index (χ0v) is 17.4. The number of anilines is 1. The molecule has 4 N–H and O–H groups in total. The highest BCUT2D eigenvalue weighted by Gasteiger charge is 2.31. The maximum Gasteiger partial charge on any atom is 0.292 e. The standard InChI is InChI=1S/C22H23N7O2/c1-4-16(23)28-8-13(9-28)10-29-19(17-18(27-29)22(30)26-25-21(17)24)20-12(3)14-7-11(2)5-6-15(14)31-20/h4-7,13,23H,1,8-10H2,2-3H3,(H2,24,25)(H,26,30). The summed E-state index contributed by atoms with van der Waals surface area (Å²) in [6.07, 6.45) is 1.54. The van der Waals surface area contributed by atoms with E-state index in [9.17, 15) is 4.79 Å². The van der Waals surface area contributed by atoms with Gasteiger partial charge >= 0.3 is 0 Å². The van der Waals surface area contributed by atoms with Gasteiger partial charge in [-0.3, -0.25) is 14.9 Å². The van der Waals surface area contributed by atoms with Crippen LogP contribution < -0.4 is 11.3 Å². The summed E-state index contributed by atoms with van der Waals surface area (Å²) in [4.78, 5) is 14.4. The average Bonchev–Trinajstić information content (AvgIpc) is 3.25. The number of aromatic nitrogens is 4. The van der Waals surface area contributed by atoms with Crippen molar-refractivity contribution in [2.75, 3.05) is 18.8 Å². The smallest absolute Gasteiger partial charge is 0.292 e. The van der Waals surface area contributed by atoms with Gasteiger partial charge in [0.15, 0.2) is 17.1 Å². The number of aryl methyl sites for hydroxylation is 2. The molecular weight excluding hydrogens is 394 g/mol. The second-order valence-electron chi connectivity index (χ2n) is 8.11. The SMILES string of the molecule is C=CC(=N)N1CC(Cn2nc3c(=O)[nH]nc(N)c3c2-c2oc3ccc(C)cc3c2C)C1. The fourth-order valence-corrected chi connectivity index (χ4v) is 4.26. The number of nitrogens with two attached hydrogens (primary N) is 1. The molecule has 1 aliphatic rings. The minimum Gasteiger partial charge on any atom is -0.454 e. The van der Waals surface area contributed by atoms with E-state index in [1.807, 2.05) is 30.9 Å². The van der Waals surface area contributed by atoms with Crippen LogP contribution >= 0.6 is 0 Å². The summed E-state index contributed by atoms with van der Waals surface area (Å²) in [5.74, 6) is 1.52. The molecule has 31 heavy (non-hydrogen) atoms. The van der Waals surface area contributed by atoms with E-state index < -0.39 is 5.56 Å². The number of fused-ring (bicyclic) bond motifs is 2. The zero-order valence-electron chi connectivity index (χ0n) is 17.4. The van der Waals surface area contributed by atoms with E-state index in [-0.39, 0.29) is 17.3 Å². The number of aromatic amines is 1. The molecule has 0 radical (unpaired) electrons. The van der Waals surface area contributed by atoms with E-state index in [0.29, 0.717) is 29.2 Å². The highest BCUT2D eigenvalue weighted by Crippen LogP contribution is 2.38. The van der Waals surface area contributed by atoms with Gasteiger partial charge in [0.2, 0.25) is 0 Å².